The molecule has 166 valence electrons. The third-order valence-corrected chi connectivity index (χ3v) is 5.83. The normalized spacial score (nSPS) is 15.1. The van der Waals surface area contributed by atoms with Crippen LogP contribution < -0.4 is 15.0 Å². The molecule has 0 aliphatic carbocycles. The fourth-order valence-corrected chi connectivity index (χ4v) is 3.67. The molecule has 0 spiro atoms. The van der Waals surface area contributed by atoms with Crippen molar-refractivity contribution in [1.29, 1.82) is 0 Å². The number of hydrogen-bond acceptors (Lipinski definition) is 4. The zero-order valence-electron chi connectivity index (χ0n) is 16.8. The van der Waals surface area contributed by atoms with Crippen LogP contribution in [0.5, 0.6) is 5.75 Å². The number of hydrogen-bond donors (Lipinski definition) is 1. The first-order chi connectivity index (χ1) is 15.8. The minimum Gasteiger partial charge on any atom is -0.489 e. The van der Waals surface area contributed by atoms with E-state index in [1.165, 1.54) is 12.1 Å². The molecule has 0 unspecified atom stereocenters. The molecule has 1 saturated heterocycles. The molecule has 0 saturated carbocycles. The van der Waals surface area contributed by atoms with Crippen LogP contribution in [0.1, 0.15) is 11.1 Å². The monoisotopic (exact) mass is 500 g/mol. The van der Waals surface area contributed by atoms with Gasteiger partial charge in [0, 0.05) is 0 Å². The number of carbonyl (C=O) groups is 3. The lowest BCUT2D eigenvalue weighted by molar-refractivity contribution is -0.122. The summed E-state index contributed by atoms with van der Waals surface area (Å²) in [6, 6.07) is 17.5. The highest BCUT2D eigenvalue weighted by molar-refractivity contribution is 6.42. The number of nitrogens with one attached hydrogen (secondary N) is 1. The van der Waals surface area contributed by atoms with Crippen LogP contribution in [-0.2, 0) is 16.2 Å². The predicted octanol–water partition coefficient (Wildman–Crippen LogP) is 5.89. The number of amides is 4. The molecule has 0 aromatic heterocycles. The zero-order chi connectivity index (χ0) is 23.5. The fourth-order valence-electron chi connectivity index (χ4n) is 3.13. The summed E-state index contributed by atoms with van der Waals surface area (Å²) >= 11 is 18.1. The molecule has 3 aromatic carbocycles. The average molecular weight is 502 g/mol. The van der Waals surface area contributed by atoms with Gasteiger partial charge in [-0.15, -0.1) is 0 Å². The standard InChI is InChI=1S/C24H15Cl3N2O4/c25-18-10-7-15(12-20(18)27)13-33-16-8-5-14(6-9-16)11-17-22(30)28-24(32)29(23(17)31)21-4-2-1-3-19(21)26/h1-12H,13H2,(H,28,30,32)/b17-11+. The van der Waals surface area contributed by atoms with E-state index < -0.39 is 17.8 Å². The molecule has 1 aliphatic heterocycles. The highest BCUT2D eigenvalue weighted by Gasteiger charge is 2.37. The van der Waals surface area contributed by atoms with Crippen LogP contribution in [0.3, 0.4) is 0 Å². The van der Waals surface area contributed by atoms with Crippen molar-refractivity contribution in [3.05, 3.63) is 98.5 Å². The lowest BCUT2D eigenvalue weighted by Crippen LogP contribution is -2.54. The molecule has 9 heteroatoms. The van der Waals surface area contributed by atoms with E-state index in [1.807, 2.05) is 6.07 Å². The van der Waals surface area contributed by atoms with Gasteiger partial charge in [-0.1, -0.05) is 65.1 Å². The number of ether oxygens (including phenoxy) is 1. The molecular weight excluding hydrogens is 487 g/mol. The number of anilines is 1. The van der Waals surface area contributed by atoms with Crippen molar-refractivity contribution in [2.75, 3.05) is 4.90 Å². The Morgan fingerprint density at radius 1 is 0.848 bits per heavy atom. The van der Waals surface area contributed by atoms with Crippen LogP contribution in [-0.4, -0.2) is 17.8 Å². The highest BCUT2D eigenvalue weighted by Crippen LogP contribution is 2.29. The molecule has 1 heterocycles. The third kappa shape index (κ3) is 5.03. The molecule has 33 heavy (non-hydrogen) atoms. The van der Waals surface area contributed by atoms with Crippen molar-refractivity contribution in [3.8, 4) is 5.75 Å². The topological polar surface area (TPSA) is 75.7 Å². The maximum absolute atomic E-state index is 13.0. The Hall–Kier alpha value is -3.32. The van der Waals surface area contributed by atoms with Gasteiger partial charge < -0.3 is 4.74 Å². The van der Waals surface area contributed by atoms with E-state index in [0.29, 0.717) is 21.4 Å². The summed E-state index contributed by atoms with van der Waals surface area (Å²) in [5.74, 6) is -0.972. The quantitative estimate of drug-likeness (QED) is 0.349. The van der Waals surface area contributed by atoms with Gasteiger partial charge in [-0.25, -0.2) is 9.69 Å². The van der Waals surface area contributed by atoms with Crippen molar-refractivity contribution < 1.29 is 19.1 Å². The molecule has 0 bridgehead atoms. The summed E-state index contributed by atoms with van der Waals surface area (Å²) in [5, 5.41) is 3.29. The van der Waals surface area contributed by atoms with Crippen molar-refractivity contribution >= 4 is 64.4 Å². The van der Waals surface area contributed by atoms with Gasteiger partial charge in [-0.2, -0.15) is 0 Å². The van der Waals surface area contributed by atoms with Gasteiger partial charge in [0.25, 0.3) is 11.8 Å². The third-order valence-electron chi connectivity index (χ3n) is 4.78. The summed E-state index contributed by atoms with van der Waals surface area (Å²) in [7, 11) is 0. The Morgan fingerprint density at radius 2 is 1.58 bits per heavy atom. The summed E-state index contributed by atoms with van der Waals surface area (Å²) in [4.78, 5) is 38.4. The van der Waals surface area contributed by atoms with Gasteiger partial charge in [-0.05, 0) is 53.6 Å². The molecular formula is C24H15Cl3N2O4. The van der Waals surface area contributed by atoms with Crippen LogP contribution in [0.25, 0.3) is 6.08 Å². The smallest absolute Gasteiger partial charge is 0.335 e. The highest BCUT2D eigenvalue weighted by atomic mass is 35.5. The summed E-state index contributed by atoms with van der Waals surface area (Å²) in [6.45, 7) is 0.285. The number of urea groups is 1. The molecule has 6 nitrogen and oxygen atoms in total. The number of para-hydroxylation sites is 1. The number of carbonyl (C=O) groups excluding carboxylic acids is 3. The average Bonchev–Trinajstić information content (AvgIpc) is 2.79. The number of halogens is 3. The van der Waals surface area contributed by atoms with Crippen LogP contribution >= 0.6 is 34.8 Å². The Bertz CT molecular complexity index is 1290. The van der Waals surface area contributed by atoms with Gasteiger partial charge in [-0.3, -0.25) is 14.9 Å². The number of benzene rings is 3. The Balaban J connectivity index is 1.52. The van der Waals surface area contributed by atoms with Crippen LogP contribution in [0.15, 0.2) is 72.3 Å². The SMILES string of the molecule is O=C1NC(=O)N(c2ccccc2Cl)C(=O)/C1=C/c1ccc(OCc2ccc(Cl)c(Cl)c2)cc1. The molecule has 1 aliphatic rings. The Kier molecular flexibility index (Phi) is 6.70. The Labute approximate surface area is 204 Å². The molecule has 4 amide bonds. The summed E-state index contributed by atoms with van der Waals surface area (Å²) < 4.78 is 5.74. The molecule has 4 rings (SSSR count). The van der Waals surface area contributed by atoms with E-state index in [0.717, 1.165) is 10.5 Å². The first-order valence-electron chi connectivity index (χ1n) is 9.66. The first-order valence-corrected chi connectivity index (χ1v) is 10.8. The number of imide groups is 2. The maximum atomic E-state index is 13.0. The second-order valence-corrected chi connectivity index (χ2v) is 8.24. The number of nitrogens with zero attached hydrogens (tertiary/aromatic N) is 1. The second-order valence-electron chi connectivity index (χ2n) is 7.02. The van der Waals surface area contributed by atoms with Crippen LogP contribution in [0.4, 0.5) is 10.5 Å². The Morgan fingerprint density at radius 3 is 2.27 bits per heavy atom. The van der Waals surface area contributed by atoms with E-state index in [4.69, 9.17) is 39.5 Å². The van der Waals surface area contributed by atoms with Crippen molar-refractivity contribution in [3.63, 3.8) is 0 Å². The molecule has 0 atom stereocenters. The zero-order valence-corrected chi connectivity index (χ0v) is 19.1. The largest absolute Gasteiger partial charge is 0.489 e. The lowest BCUT2D eigenvalue weighted by atomic mass is 10.1. The van der Waals surface area contributed by atoms with E-state index in [1.54, 1.807) is 54.6 Å². The fraction of sp³-hybridized carbons (Fsp3) is 0.0417. The summed E-state index contributed by atoms with van der Waals surface area (Å²) in [5.41, 5.74) is 1.42. The first kappa shape index (κ1) is 22.9. The molecule has 0 radical (unpaired) electrons. The van der Waals surface area contributed by atoms with E-state index in [9.17, 15) is 14.4 Å². The van der Waals surface area contributed by atoms with E-state index >= 15 is 0 Å². The van der Waals surface area contributed by atoms with Gasteiger partial charge in [0.15, 0.2) is 0 Å². The minimum absolute atomic E-state index is 0.186. The summed E-state index contributed by atoms with van der Waals surface area (Å²) in [6.07, 6.45) is 1.40. The van der Waals surface area contributed by atoms with E-state index in [-0.39, 0.29) is 22.9 Å². The maximum Gasteiger partial charge on any atom is 0.335 e. The van der Waals surface area contributed by atoms with Gasteiger partial charge >= 0.3 is 6.03 Å². The van der Waals surface area contributed by atoms with Gasteiger partial charge in [0.2, 0.25) is 0 Å². The lowest BCUT2D eigenvalue weighted by Gasteiger charge is -2.27. The van der Waals surface area contributed by atoms with Crippen molar-refractivity contribution in [2.45, 2.75) is 6.61 Å². The molecule has 1 N–H and O–H groups in total. The number of barbiturate groups is 1. The van der Waals surface area contributed by atoms with Gasteiger partial charge in [0.1, 0.15) is 17.9 Å². The van der Waals surface area contributed by atoms with Gasteiger partial charge in [0.05, 0.1) is 20.8 Å². The second kappa shape index (κ2) is 9.67. The van der Waals surface area contributed by atoms with Crippen molar-refractivity contribution in [1.82, 2.24) is 5.32 Å². The molecule has 1 fully saturated rings. The predicted molar refractivity (Wildman–Crippen MR) is 128 cm³/mol. The van der Waals surface area contributed by atoms with Crippen LogP contribution in [0.2, 0.25) is 15.1 Å². The van der Waals surface area contributed by atoms with Crippen molar-refractivity contribution in [2.24, 2.45) is 0 Å². The minimum atomic E-state index is -0.860. The van der Waals surface area contributed by atoms with E-state index in [2.05, 4.69) is 5.32 Å². The molecule has 3 aromatic rings. The van der Waals surface area contributed by atoms with Crippen LogP contribution in [0, 0.1) is 0 Å². The number of rotatable bonds is 5.